The summed E-state index contributed by atoms with van der Waals surface area (Å²) in [6.07, 6.45) is 3.78. The van der Waals surface area contributed by atoms with Crippen LogP contribution in [-0.2, 0) is 16.1 Å². The molecule has 0 atom stereocenters. The Morgan fingerprint density at radius 3 is 2.00 bits per heavy atom. The zero-order valence-corrected chi connectivity index (χ0v) is 19.5. The first-order valence-electron chi connectivity index (χ1n) is 12.3. The summed E-state index contributed by atoms with van der Waals surface area (Å²) < 4.78 is 0. The number of likely N-dealkylation sites (tertiary alicyclic amines) is 2. The van der Waals surface area contributed by atoms with Gasteiger partial charge in [-0.3, -0.25) is 19.4 Å². The molecule has 0 aromatic heterocycles. The summed E-state index contributed by atoms with van der Waals surface area (Å²) in [6, 6.07) is 20.2. The number of imide groups is 1. The van der Waals surface area contributed by atoms with Crippen LogP contribution in [-0.4, -0.2) is 58.7 Å². The molecule has 0 N–H and O–H groups in total. The third-order valence-corrected chi connectivity index (χ3v) is 7.42. The van der Waals surface area contributed by atoms with Gasteiger partial charge in [0.25, 0.3) is 11.8 Å². The van der Waals surface area contributed by atoms with Crippen molar-refractivity contribution >= 4 is 17.4 Å². The molecular formula is C28H33N3O2. The Balaban J connectivity index is 1.35. The summed E-state index contributed by atoms with van der Waals surface area (Å²) in [7, 11) is 0. The highest BCUT2D eigenvalue weighted by Gasteiger charge is 2.45. The molecule has 0 aliphatic carbocycles. The monoisotopic (exact) mass is 443 g/mol. The molecule has 2 fully saturated rings. The first-order chi connectivity index (χ1) is 16.1. The zero-order valence-electron chi connectivity index (χ0n) is 19.5. The number of rotatable bonds is 5. The minimum atomic E-state index is -0.110. The van der Waals surface area contributed by atoms with E-state index >= 15 is 0 Å². The van der Waals surface area contributed by atoms with E-state index in [9.17, 15) is 9.59 Å². The van der Waals surface area contributed by atoms with Crippen molar-refractivity contribution in [3.8, 4) is 0 Å². The van der Waals surface area contributed by atoms with E-state index in [0.717, 1.165) is 64.0 Å². The van der Waals surface area contributed by atoms with Gasteiger partial charge in [0.1, 0.15) is 5.70 Å². The van der Waals surface area contributed by atoms with Gasteiger partial charge in [-0.1, -0.05) is 67.6 Å². The summed E-state index contributed by atoms with van der Waals surface area (Å²) in [5, 5.41) is 0. The Labute approximate surface area is 196 Å². The summed E-state index contributed by atoms with van der Waals surface area (Å²) in [4.78, 5) is 33.6. The van der Waals surface area contributed by atoms with Crippen LogP contribution in [0.25, 0.3) is 5.57 Å². The van der Waals surface area contributed by atoms with Gasteiger partial charge in [0, 0.05) is 38.8 Å². The highest BCUT2D eigenvalue weighted by Crippen LogP contribution is 2.36. The average Bonchev–Trinajstić information content (AvgIpc) is 3.11. The van der Waals surface area contributed by atoms with Crippen molar-refractivity contribution < 1.29 is 9.59 Å². The smallest absolute Gasteiger partial charge is 0.278 e. The SMILES string of the molecule is CC1CCN(C2=C(c3ccccc3)C(=O)N(C3CCN(Cc4ccccc4)CC3)C2=O)CC1. The van der Waals surface area contributed by atoms with Crippen LogP contribution in [0.1, 0.15) is 43.7 Å². The van der Waals surface area contributed by atoms with E-state index in [1.165, 1.54) is 5.56 Å². The third-order valence-electron chi connectivity index (χ3n) is 7.42. The second kappa shape index (κ2) is 9.52. The van der Waals surface area contributed by atoms with Gasteiger partial charge in [0.2, 0.25) is 0 Å². The number of hydrogen-bond acceptors (Lipinski definition) is 4. The van der Waals surface area contributed by atoms with Crippen LogP contribution in [0, 0.1) is 5.92 Å². The van der Waals surface area contributed by atoms with E-state index in [-0.39, 0.29) is 17.9 Å². The van der Waals surface area contributed by atoms with Crippen molar-refractivity contribution in [3.05, 3.63) is 77.5 Å². The minimum Gasteiger partial charge on any atom is -0.366 e. The average molecular weight is 444 g/mol. The number of carbonyl (C=O) groups excluding carboxylic acids is 2. The van der Waals surface area contributed by atoms with Crippen LogP contribution in [0.4, 0.5) is 0 Å². The van der Waals surface area contributed by atoms with E-state index in [2.05, 4.69) is 41.0 Å². The lowest BCUT2D eigenvalue weighted by molar-refractivity contribution is -0.141. The molecule has 172 valence electrons. The first-order valence-corrected chi connectivity index (χ1v) is 12.3. The topological polar surface area (TPSA) is 43.9 Å². The first kappa shape index (κ1) is 21.9. The molecule has 0 unspecified atom stereocenters. The molecular weight excluding hydrogens is 410 g/mol. The molecule has 3 heterocycles. The molecule has 33 heavy (non-hydrogen) atoms. The number of carbonyl (C=O) groups is 2. The lowest BCUT2D eigenvalue weighted by atomic mass is 9.97. The molecule has 2 saturated heterocycles. The van der Waals surface area contributed by atoms with Crippen LogP contribution in [0.3, 0.4) is 0 Å². The van der Waals surface area contributed by atoms with Gasteiger partial charge in [-0.2, -0.15) is 0 Å². The molecule has 2 aromatic carbocycles. The van der Waals surface area contributed by atoms with E-state index in [1.807, 2.05) is 36.4 Å². The Kier molecular flexibility index (Phi) is 6.32. The minimum absolute atomic E-state index is 0.0306. The molecule has 2 aromatic rings. The Hall–Kier alpha value is -2.92. The number of nitrogens with zero attached hydrogens (tertiary/aromatic N) is 3. The summed E-state index contributed by atoms with van der Waals surface area (Å²) in [6.45, 7) is 6.66. The van der Waals surface area contributed by atoms with Gasteiger partial charge in [-0.25, -0.2) is 0 Å². The summed E-state index contributed by atoms with van der Waals surface area (Å²) in [5.41, 5.74) is 3.39. The maximum Gasteiger partial charge on any atom is 0.278 e. The fraction of sp³-hybridized carbons (Fsp3) is 0.429. The maximum atomic E-state index is 13.7. The molecule has 0 bridgehead atoms. The predicted molar refractivity (Wildman–Crippen MR) is 130 cm³/mol. The predicted octanol–water partition coefficient (Wildman–Crippen LogP) is 4.16. The van der Waals surface area contributed by atoms with E-state index in [4.69, 9.17) is 0 Å². The number of hydrogen-bond donors (Lipinski definition) is 0. The van der Waals surface area contributed by atoms with Crippen LogP contribution < -0.4 is 0 Å². The normalized spacial score (nSPS) is 21.4. The van der Waals surface area contributed by atoms with Crippen LogP contribution >= 0.6 is 0 Å². The van der Waals surface area contributed by atoms with Crippen molar-refractivity contribution in [1.82, 2.24) is 14.7 Å². The van der Waals surface area contributed by atoms with Crippen molar-refractivity contribution in [2.45, 2.75) is 45.2 Å². The van der Waals surface area contributed by atoms with Crippen molar-refractivity contribution in [1.29, 1.82) is 0 Å². The van der Waals surface area contributed by atoms with E-state index < -0.39 is 0 Å². The quantitative estimate of drug-likeness (QED) is 0.651. The largest absolute Gasteiger partial charge is 0.366 e. The Morgan fingerprint density at radius 2 is 1.36 bits per heavy atom. The maximum absolute atomic E-state index is 13.7. The number of amides is 2. The van der Waals surface area contributed by atoms with Gasteiger partial charge >= 0.3 is 0 Å². The number of piperidine rings is 2. The molecule has 0 spiro atoms. The molecule has 5 heteroatoms. The van der Waals surface area contributed by atoms with Crippen molar-refractivity contribution in [2.24, 2.45) is 5.92 Å². The summed E-state index contributed by atoms with van der Waals surface area (Å²) in [5.74, 6) is 0.468. The van der Waals surface area contributed by atoms with Crippen molar-refractivity contribution in [3.63, 3.8) is 0 Å². The fourth-order valence-corrected chi connectivity index (χ4v) is 5.43. The van der Waals surface area contributed by atoms with E-state index in [1.54, 1.807) is 4.90 Å². The highest BCUT2D eigenvalue weighted by atomic mass is 16.2. The molecule has 3 aliphatic heterocycles. The lowest BCUT2D eigenvalue weighted by Gasteiger charge is -2.37. The number of benzene rings is 2. The van der Waals surface area contributed by atoms with Crippen LogP contribution in [0.2, 0.25) is 0 Å². The zero-order chi connectivity index (χ0) is 22.8. The second-order valence-electron chi connectivity index (χ2n) is 9.73. The third kappa shape index (κ3) is 4.47. The lowest BCUT2D eigenvalue weighted by Crippen LogP contribution is -2.48. The van der Waals surface area contributed by atoms with Gasteiger partial charge in [-0.15, -0.1) is 0 Å². The fourth-order valence-electron chi connectivity index (χ4n) is 5.43. The van der Waals surface area contributed by atoms with Gasteiger partial charge in [-0.05, 0) is 42.7 Å². The molecule has 5 rings (SSSR count). The van der Waals surface area contributed by atoms with E-state index in [0.29, 0.717) is 17.2 Å². The molecule has 0 saturated carbocycles. The van der Waals surface area contributed by atoms with Crippen LogP contribution in [0.15, 0.2) is 66.4 Å². The molecule has 2 amide bonds. The van der Waals surface area contributed by atoms with Gasteiger partial charge in [0.05, 0.1) is 5.57 Å². The van der Waals surface area contributed by atoms with Gasteiger partial charge in [0.15, 0.2) is 0 Å². The second-order valence-corrected chi connectivity index (χ2v) is 9.73. The van der Waals surface area contributed by atoms with Gasteiger partial charge < -0.3 is 4.90 Å². The molecule has 0 radical (unpaired) electrons. The Bertz CT molecular complexity index is 1020. The molecule has 5 nitrogen and oxygen atoms in total. The standard InChI is InChI=1S/C28H33N3O2/c1-21-12-18-30(19-13-21)26-25(23-10-6-3-7-11-23)27(32)31(28(26)33)24-14-16-29(17-15-24)20-22-8-4-2-5-9-22/h2-11,21,24H,12-20H2,1H3. The summed E-state index contributed by atoms with van der Waals surface area (Å²) >= 11 is 0. The van der Waals surface area contributed by atoms with Crippen LogP contribution in [0.5, 0.6) is 0 Å². The highest BCUT2D eigenvalue weighted by molar-refractivity contribution is 6.35. The Morgan fingerprint density at radius 1 is 0.758 bits per heavy atom. The van der Waals surface area contributed by atoms with Crippen molar-refractivity contribution in [2.75, 3.05) is 26.2 Å². The molecule has 3 aliphatic rings.